The first-order valence-corrected chi connectivity index (χ1v) is 12.5. The van der Waals surface area contributed by atoms with Crippen LogP contribution in [0.15, 0.2) is 41.1 Å². The van der Waals surface area contributed by atoms with Crippen LogP contribution in [0.2, 0.25) is 0 Å². The molecule has 0 aromatic carbocycles. The largest absolute Gasteiger partial charge is 0.481 e. The van der Waals surface area contributed by atoms with Gasteiger partial charge in [0, 0.05) is 40.0 Å². The fourth-order valence-corrected chi connectivity index (χ4v) is 4.64. The van der Waals surface area contributed by atoms with Crippen LogP contribution >= 0.6 is 15.9 Å². The SMILES string of the molecule is C=Cc1cc(-c2cnn(/C(N)=C/Br)c2/N=C(\C)C2CCC(CCC(=O)O)CC2)cnc1/C=C\C. The molecule has 0 saturated heterocycles. The monoisotopic (exact) mass is 525 g/mol. The molecule has 2 aromatic heterocycles. The van der Waals surface area contributed by atoms with Crippen molar-refractivity contribution in [3.63, 3.8) is 0 Å². The molecule has 0 bridgehead atoms. The summed E-state index contributed by atoms with van der Waals surface area (Å²) in [5, 5.41) is 13.4. The van der Waals surface area contributed by atoms with E-state index in [0.717, 1.165) is 60.2 Å². The number of pyridine rings is 1. The van der Waals surface area contributed by atoms with Crippen molar-refractivity contribution >= 4 is 51.4 Å². The molecule has 0 unspecified atom stereocenters. The van der Waals surface area contributed by atoms with E-state index in [1.54, 1.807) is 21.9 Å². The lowest BCUT2D eigenvalue weighted by atomic mass is 9.78. The van der Waals surface area contributed by atoms with Crippen LogP contribution in [0.5, 0.6) is 0 Å². The van der Waals surface area contributed by atoms with Crippen molar-refractivity contribution < 1.29 is 9.90 Å². The molecule has 34 heavy (non-hydrogen) atoms. The number of nitrogens with zero attached hydrogens (tertiary/aromatic N) is 4. The van der Waals surface area contributed by atoms with Gasteiger partial charge in [-0.25, -0.2) is 4.99 Å². The van der Waals surface area contributed by atoms with E-state index in [0.29, 0.717) is 23.5 Å². The van der Waals surface area contributed by atoms with Crippen molar-refractivity contribution in [3.05, 3.63) is 47.4 Å². The topological polar surface area (TPSA) is 106 Å². The van der Waals surface area contributed by atoms with Gasteiger partial charge in [-0.05, 0) is 69.9 Å². The fraction of sp³-hybridized carbons (Fsp3) is 0.385. The third-order valence-electron chi connectivity index (χ3n) is 6.39. The molecule has 3 rings (SSSR count). The number of carboxylic acids is 1. The number of carboxylic acid groups (broad SMARTS) is 1. The number of rotatable bonds is 9. The quantitative estimate of drug-likeness (QED) is 0.363. The molecule has 1 aliphatic carbocycles. The Labute approximate surface area is 209 Å². The highest BCUT2D eigenvalue weighted by atomic mass is 79.9. The van der Waals surface area contributed by atoms with Gasteiger partial charge >= 0.3 is 5.97 Å². The third kappa shape index (κ3) is 6.11. The molecule has 0 amide bonds. The van der Waals surface area contributed by atoms with Gasteiger partial charge in [-0.1, -0.05) is 34.7 Å². The Morgan fingerprint density at radius 1 is 1.35 bits per heavy atom. The Bertz CT molecular complexity index is 1120. The number of aliphatic imine (C=N–C) groups is 1. The van der Waals surface area contributed by atoms with Gasteiger partial charge in [-0.3, -0.25) is 9.78 Å². The van der Waals surface area contributed by atoms with Gasteiger partial charge in [0.15, 0.2) is 5.82 Å². The second-order valence-electron chi connectivity index (χ2n) is 8.63. The lowest BCUT2D eigenvalue weighted by molar-refractivity contribution is -0.137. The number of hydrogen-bond donors (Lipinski definition) is 2. The summed E-state index contributed by atoms with van der Waals surface area (Å²) in [7, 11) is 0. The first-order chi connectivity index (χ1) is 16.4. The van der Waals surface area contributed by atoms with Crippen molar-refractivity contribution in [1.82, 2.24) is 14.8 Å². The lowest BCUT2D eigenvalue weighted by Crippen LogP contribution is -2.20. The molecule has 0 atom stereocenters. The number of nitrogens with two attached hydrogens (primary N) is 1. The molecule has 180 valence electrons. The maximum atomic E-state index is 10.9. The van der Waals surface area contributed by atoms with Gasteiger partial charge in [-0.15, -0.1) is 0 Å². The molecule has 2 heterocycles. The normalized spacial score (nSPS) is 19.5. The minimum Gasteiger partial charge on any atom is -0.481 e. The summed E-state index contributed by atoms with van der Waals surface area (Å²) in [5.41, 5.74) is 10.7. The van der Waals surface area contributed by atoms with Gasteiger partial charge in [0.25, 0.3) is 0 Å². The van der Waals surface area contributed by atoms with E-state index >= 15 is 0 Å². The fourth-order valence-electron chi connectivity index (χ4n) is 4.44. The molecule has 0 spiro atoms. The van der Waals surface area contributed by atoms with Gasteiger partial charge < -0.3 is 10.8 Å². The van der Waals surface area contributed by atoms with Crippen molar-refractivity contribution in [2.75, 3.05) is 0 Å². The van der Waals surface area contributed by atoms with Gasteiger partial charge in [0.05, 0.1) is 11.9 Å². The standard InChI is InChI=1S/C26H32BrN5O2/c1-4-6-23-19(5-2)13-21(15-29-23)22-16-30-32(24(28)14-27)26(22)31-17(3)20-10-7-18(8-11-20)9-12-25(33)34/h4-6,13-16,18,20H,2,7-12,28H2,1,3H3,(H,33,34)/b6-4-,24-14+,31-17+. The average Bonchev–Trinajstić information content (AvgIpc) is 3.26. The highest BCUT2D eigenvalue weighted by Crippen LogP contribution is 2.36. The van der Waals surface area contributed by atoms with Crippen LogP contribution in [-0.4, -0.2) is 31.6 Å². The van der Waals surface area contributed by atoms with Crippen molar-refractivity contribution in [3.8, 4) is 11.1 Å². The average molecular weight is 526 g/mol. The predicted molar refractivity (Wildman–Crippen MR) is 143 cm³/mol. The van der Waals surface area contributed by atoms with E-state index < -0.39 is 5.97 Å². The number of halogens is 1. The maximum Gasteiger partial charge on any atom is 0.303 e. The molecule has 0 aliphatic heterocycles. The van der Waals surface area contributed by atoms with Crippen LogP contribution in [0.3, 0.4) is 0 Å². The molecular formula is C26H32BrN5O2. The minimum absolute atomic E-state index is 0.247. The summed E-state index contributed by atoms with van der Waals surface area (Å²) in [4.78, 5) is 22.1. The smallest absolute Gasteiger partial charge is 0.303 e. The molecule has 3 N–H and O–H groups in total. The second kappa shape index (κ2) is 11.9. The zero-order valence-corrected chi connectivity index (χ0v) is 21.3. The van der Waals surface area contributed by atoms with Crippen LogP contribution in [0, 0.1) is 11.8 Å². The van der Waals surface area contributed by atoms with Crippen molar-refractivity contribution in [2.45, 2.75) is 52.4 Å². The number of hydrogen-bond acceptors (Lipinski definition) is 5. The number of aliphatic carboxylic acids is 1. The Morgan fingerprint density at radius 2 is 2.09 bits per heavy atom. The van der Waals surface area contributed by atoms with E-state index in [2.05, 4.69) is 39.5 Å². The van der Waals surface area contributed by atoms with E-state index in [4.69, 9.17) is 15.8 Å². The van der Waals surface area contributed by atoms with E-state index in [1.165, 1.54) is 0 Å². The Morgan fingerprint density at radius 3 is 2.71 bits per heavy atom. The third-order valence-corrected chi connectivity index (χ3v) is 6.86. The summed E-state index contributed by atoms with van der Waals surface area (Å²) < 4.78 is 1.62. The molecule has 1 fully saturated rings. The summed E-state index contributed by atoms with van der Waals surface area (Å²) in [6.07, 6.45) is 14.3. The predicted octanol–water partition coefficient (Wildman–Crippen LogP) is 6.49. The maximum absolute atomic E-state index is 10.9. The van der Waals surface area contributed by atoms with E-state index in [1.807, 2.05) is 31.3 Å². The van der Waals surface area contributed by atoms with Crippen LogP contribution in [0.4, 0.5) is 5.82 Å². The second-order valence-corrected chi connectivity index (χ2v) is 9.09. The molecule has 7 nitrogen and oxygen atoms in total. The van der Waals surface area contributed by atoms with Crippen LogP contribution in [0.25, 0.3) is 29.1 Å². The molecule has 0 radical (unpaired) electrons. The lowest BCUT2D eigenvalue weighted by Gasteiger charge is -2.28. The minimum atomic E-state index is -0.717. The molecule has 1 saturated carbocycles. The van der Waals surface area contributed by atoms with Gasteiger partial charge in [-0.2, -0.15) is 9.78 Å². The van der Waals surface area contributed by atoms with Gasteiger partial charge in [0.1, 0.15) is 5.82 Å². The molecule has 2 aromatic rings. The number of aromatic nitrogens is 3. The highest BCUT2D eigenvalue weighted by Gasteiger charge is 2.24. The first kappa shape index (κ1) is 25.6. The zero-order chi connectivity index (χ0) is 24.7. The summed E-state index contributed by atoms with van der Waals surface area (Å²) in [6.45, 7) is 7.94. The summed E-state index contributed by atoms with van der Waals surface area (Å²) in [5.74, 6) is 1.20. The molecular weight excluding hydrogens is 494 g/mol. The highest BCUT2D eigenvalue weighted by molar-refractivity contribution is 9.11. The Kier molecular flexibility index (Phi) is 8.98. The van der Waals surface area contributed by atoms with Crippen molar-refractivity contribution in [1.29, 1.82) is 0 Å². The number of carbonyl (C=O) groups is 1. The van der Waals surface area contributed by atoms with E-state index in [-0.39, 0.29) is 6.42 Å². The first-order valence-electron chi connectivity index (χ1n) is 11.5. The van der Waals surface area contributed by atoms with Crippen LogP contribution < -0.4 is 5.73 Å². The molecule has 1 aliphatic rings. The summed E-state index contributed by atoms with van der Waals surface area (Å²) >= 11 is 3.30. The van der Waals surface area contributed by atoms with E-state index in [9.17, 15) is 4.79 Å². The Hall–Kier alpha value is -3.00. The molecule has 8 heteroatoms. The zero-order valence-electron chi connectivity index (χ0n) is 19.7. The van der Waals surface area contributed by atoms with Gasteiger partial charge in [0.2, 0.25) is 0 Å². The number of allylic oxidation sites excluding steroid dienone is 1. The van der Waals surface area contributed by atoms with Crippen LogP contribution in [-0.2, 0) is 4.79 Å². The summed E-state index contributed by atoms with van der Waals surface area (Å²) in [6, 6.07) is 2.03. The Balaban J connectivity index is 1.92. The van der Waals surface area contributed by atoms with Crippen LogP contribution in [0.1, 0.15) is 63.6 Å². The van der Waals surface area contributed by atoms with Crippen molar-refractivity contribution in [2.24, 2.45) is 22.6 Å².